The van der Waals surface area contributed by atoms with Gasteiger partial charge in [0.1, 0.15) is 0 Å². The van der Waals surface area contributed by atoms with Gasteiger partial charge in [-0.2, -0.15) is 0 Å². The highest BCUT2D eigenvalue weighted by atomic mass is 32.2. The van der Waals surface area contributed by atoms with Gasteiger partial charge in [-0.25, -0.2) is 0 Å². The van der Waals surface area contributed by atoms with Crippen molar-refractivity contribution in [1.82, 2.24) is 0 Å². The molecule has 0 bridgehead atoms. The molecule has 18 heavy (non-hydrogen) atoms. The minimum absolute atomic E-state index is 0.00407. The normalized spacial score (nSPS) is 16.4. The van der Waals surface area contributed by atoms with Crippen LogP contribution in [-0.2, 0) is 9.53 Å². The van der Waals surface area contributed by atoms with Crippen molar-refractivity contribution < 1.29 is 9.53 Å². The molecule has 1 fully saturated rings. The van der Waals surface area contributed by atoms with E-state index in [0.29, 0.717) is 22.4 Å². The second kappa shape index (κ2) is 6.66. The minimum atomic E-state index is 0.00407. The zero-order chi connectivity index (χ0) is 12.8. The number of nitrogens with one attached hydrogen (secondary N) is 1. The van der Waals surface area contributed by atoms with Gasteiger partial charge in [0.2, 0.25) is 5.91 Å². The van der Waals surface area contributed by atoms with E-state index in [9.17, 15) is 4.79 Å². The van der Waals surface area contributed by atoms with Gasteiger partial charge >= 0.3 is 0 Å². The Balaban J connectivity index is 1.76. The van der Waals surface area contributed by atoms with Crippen LogP contribution in [0.5, 0.6) is 0 Å². The summed E-state index contributed by atoms with van der Waals surface area (Å²) in [6.07, 6.45) is 2.07. The molecule has 1 saturated heterocycles. The molecule has 0 unspecified atom stereocenters. The van der Waals surface area contributed by atoms with E-state index in [1.54, 1.807) is 17.8 Å². The quantitative estimate of drug-likeness (QED) is 0.819. The van der Waals surface area contributed by atoms with Crippen molar-refractivity contribution in [2.45, 2.75) is 18.1 Å². The van der Waals surface area contributed by atoms with Crippen molar-refractivity contribution in [2.75, 3.05) is 30.0 Å². The molecule has 0 radical (unpaired) electrons. The predicted octanol–water partition coefficient (Wildman–Crippen LogP) is 2.12. The van der Waals surface area contributed by atoms with Crippen LogP contribution in [0, 0.1) is 0 Å². The Hall–Kier alpha value is -1.20. The maximum Gasteiger partial charge on any atom is 0.234 e. The largest absolute Gasteiger partial charge is 0.397 e. The van der Waals surface area contributed by atoms with E-state index in [1.165, 1.54) is 0 Å². The number of nitrogens with two attached hydrogens (primary N) is 1. The van der Waals surface area contributed by atoms with Crippen LogP contribution >= 0.6 is 11.8 Å². The first kappa shape index (κ1) is 13.2. The molecule has 0 atom stereocenters. The lowest BCUT2D eigenvalue weighted by Crippen LogP contribution is -2.21. The number of carbonyl (C=O) groups excluding carboxylic acids is 1. The summed E-state index contributed by atoms with van der Waals surface area (Å²) in [7, 11) is 0. The Labute approximate surface area is 111 Å². The zero-order valence-corrected chi connectivity index (χ0v) is 11.0. The molecular weight excluding hydrogens is 248 g/mol. The van der Waals surface area contributed by atoms with Gasteiger partial charge in [-0.3, -0.25) is 4.79 Å². The van der Waals surface area contributed by atoms with Gasteiger partial charge in [0.05, 0.1) is 17.1 Å². The number of para-hydroxylation sites is 2. The van der Waals surface area contributed by atoms with Gasteiger partial charge < -0.3 is 15.8 Å². The van der Waals surface area contributed by atoms with Crippen LogP contribution in [0.15, 0.2) is 24.3 Å². The standard InChI is InChI=1S/C13H18N2O2S/c14-11-3-1-2-4-12(11)15-13(16)9-18-10-5-7-17-8-6-10/h1-4,10H,5-9,14H2,(H,15,16). The highest BCUT2D eigenvalue weighted by Gasteiger charge is 2.15. The van der Waals surface area contributed by atoms with Crippen molar-refractivity contribution in [3.05, 3.63) is 24.3 Å². The summed E-state index contributed by atoms with van der Waals surface area (Å²) in [6.45, 7) is 1.62. The van der Waals surface area contributed by atoms with Gasteiger partial charge in [-0.05, 0) is 25.0 Å². The lowest BCUT2D eigenvalue weighted by atomic mass is 10.2. The average molecular weight is 266 g/mol. The number of hydrogen-bond donors (Lipinski definition) is 2. The fourth-order valence-electron chi connectivity index (χ4n) is 1.83. The molecule has 1 aliphatic heterocycles. The predicted molar refractivity (Wildman–Crippen MR) is 75.8 cm³/mol. The van der Waals surface area contributed by atoms with Crippen LogP contribution in [0.25, 0.3) is 0 Å². The third-order valence-corrected chi connectivity index (χ3v) is 4.23. The minimum Gasteiger partial charge on any atom is -0.397 e. The Morgan fingerprint density at radius 3 is 2.83 bits per heavy atom. The molecule has 5 heteroatoms. The summed E-state index contributed by atoms with van der Waals surface area (Å²) in [4.78, 5) is 11.8. The molecule has 4 nitrogen and oxygen atoms in total. The van der Waals surface area contributed by atoms with Crippen molar-refractivity contribution in [3.8, 4) is 0 Å². The van der Waals surface area contributed by atoms with Gasteiger partial charge in [0.25, 0.3) is 0 Å². The van der Waals surface area contributed by atoms with Gasteiger partial charge in [-0.1, -0.05) is 12.1 Å². The number of ether oxygens (including phenoxy) is 1. The van der Waals surface area contributed by atoms with Gasteiger partial charge in [0.15, 0.2) is 0 Å². The molecular formula is C13H18N2O2S. The van der Waals surface area contributed by atoms with Crippen LogP contribution < -0.4 is 11.1 Å². The van der Waals surface area contributed by atoms with E-state index in [2.05, 4.69) is 5.32 Å². The van der Waals surface area contributed by atoms with E-state index in [4.69, 9.17) is 10.5 Å². The number of carbonyl (C=O) groups is 1. The Bertz CT molecular complexity index is 406. The molecule has 3 N–H and O–H groups in total. The molecule has 1 heterocycles. The molecule has 1 aromatic carbocycles. The fourth-order valence-corrected chi connectivity index (χ4v) is 2.82. The first-order valence-electron chi connectivity index (χ1n) is 6.09. The monoisotopic (exact) mass is 266 g/mol. The molecule has 98 valence electrons. The Morgan fingerprint density at radius 1 is 1.39 bits per heavy atom. The summed E-state index contributed by atoms with van der Waals surface area (Å²) in [5.41, 5.74) is 7.06. The van der Waals surface area contributed by atoms with Crippen molar-refractivity contribution in [1.29, 1.82) is 0 Å². The van der Waals surface area contributed by atoms with Crippen LogP contribution in [0.3, 0.4) is 0 Å². The van der Waals surface area contributed by atoms with Crippen LogP contribution in [0.1, 0.15) is 12.8 Å². The third kappa shape index (κ3) is 3.92. The topological polar surface area (TPSA) is 64.3 Å². The van der Waals surface area contributed by atoms with Crippen molar-refractivity contribution >= 4 is 29.0 Å². The van der Waals surface area contributed by atoms with E-state index in [0.717, 1.165) is 26.1 Å². The summed E-state index contributed by atoms with van der Waals surface area (Å²) in [5, 5.41) is 3.37. The first-order chi connectivity index (χ1) is 8.75. The van der Waals surface area contributed by atoms with E-state index < -0.39 is 0 Å². The fraction of sp³-hybridized carbons (Fsp3) is 0.462. The van der Waals surface area contributed by atoms with Crippen LogP contribution in [-0.4, -0.2) is 30.1 Å². The molecule has 0 spiro atoms. The second-order valence-electron chi connectivity index (χ2n) is 4.26. The van der Waals surface area contributed by atoms with E-state index >= 15 is 0 Å². The Morgan fingerprint density at radius 2 is 2.11 bits per heavy atom. The smallest absolute Gasteiger partial charge is 0.234 e. The average Bonchev–Trinajstić information content (AvgIpc) is 2.40. The molecule has 1 aliphatic rings. The van der Waals surface area contributed by atoms with Crippen LogP contribution in [0.4, 0.5) is 11.4 Å². The lowest BCUT2D eigenvalue weighted by Gasteiger charge is -2.21. The van der Waals surface area contributed by atoms with E-state index in [-0.39, 0.29) is 5.91 Å². The summed E-state index contributed by atoms with van der Waals surface area (Å²) < 4.78 is 5.29. The van der Waals surface area contributed by atoms with Crippen molar-refractivity contribution in [3.63, 3.8) is 0 Å². The van der Waals surface area contributed by atoms with Crippen LogP contribution in [0.2, 0.25) is 0 Å². The Kier molecular flexibility index (Phi) is 4.90. The zero-order valence-electron chi connectivity index (χ0n) is 10.2. The maximum atomic E-state index is 11.8. The summed E-state index contributed by atoms with van der Waals surface area (Å²) >= 11 is 1.70. The molecule has 2 rings (SSSR count). The van der Waals surface area contributed by atoms with E-state index in [1.807, 2.05) is 18.2 Å². The summed E-state index contributed by atoms with van der Waals surface area (Å²) in [5.74, 6) is 0.475. The molecule has 0 aliphatic carbocycles. The number of benzene rings is 1. The molecule has 1 aromatic rings. The number of nitrogen functional groups attached to an aromatic ring is 1. The molecule has 1 amide bonds. The number of amides is 1. The number of rotatable bonds is 4. The SMILES string of the molecule is Nc1ccccc1NC(=O)CSC1CCOCC1. The number of anilines is 2. The number of hydrogen-bond acceptors (Lipinski definition) is 4. The van der Waals surface area contributed by atoms with Gasteiger partial charge in [-0.15, -0.1) is 11.8 Å². The maximum absolute atomic E-state index is 11.8. The third-order valence-electron chi connectivity index (χ3n) is 2.85. The molecule has 0 aromatic heterocycles. The highest BCUT2D eigenvalue weighted by molar-refractivity contribution is 8.00. The highest BCUT2D eigenvalue weighted by Crippen LogP contribution is 2.23. The number of thioether (sulfide) groups is 1. The van der Waals surface area contributed by atoms with Gasteiger partial charge in [0, 0.05) is 18.5 Å². The van der Waals surface area contributed by atoms with Crippen molar-refractivity contribution in [2.24, 2.45) is 0 Å². The first-order valence-corrected chi connectivity index (χ1v) is 7.14. The second-order valence-corrected chi connectivity index (χ2v) is 5.55. The molecule has 0 saturated carbocycles. The summed E-state index contributed by atoms with van der Waals surface area (Å²) in [6, 6.07) is 7.30. The lowest BCUT2D eigenvalue weighted by molar-refractivity contribution is -0.113.